The van der Waals surface area contributed by atoms with E-state index in [9.17, 15) is 4.39 Å². The molecule has 1 aliphatic heterocycles. The molecule has 1 atom stereocenters. The zero-order valence-electron chi connectivity index (χ0n) is 8.41. The minimum Gasteiger partial charge on any atom is -0.350 e. The third-order valence-corrected chi connectivity index (χ3v) is 4.05. The molecule has 2 nitrogen and oxygen atoms in total. The Hall–Kier alpha value is -0.290. The fourth-order valence-corrected chi connectivity index (χ4v) is 2.98. The molecule has 0 amide bonds. The molecule has 2 rings (SSSR count). The number of hydrogen-bond acceptors (Lipinski definition) is 3. The average Bonchev–Trinajstić information content (AvgIpc) is 2.20. The van der Waals surface area contributed by atoms with Crippen molar-refractivity contribution in [3.05, 3.63) is 22.6 Å². The molecule has 15 heavy (non-hydrogen) atoms. The molecule has 0 N–H and O–H groups in total. The van der Waals surface area contributed by atoms with Gasteiger partial charge in [0.1, 0.15) is 0 Å². The fourth-order valence-electron chi connectivity index (χ4n) is 1.66. The number of hydrogen-bond donors (Lipinski definition) is 0. The summed E-state index contributed by atoms with van der Waals surface area (Å²) in [5, 5.41) is 0. The SMILES string of the molecule is CC1CSCCN1c1ncc(Br)cc1F. The summed E-state index contributed by atoms with van der Waals surface area (Å²) >= 11 is 5.12. The topological polar surface area (TPSA) is 16.1 Å². The van der Waals surface area contributed by atoms with Gasteiger partial charge in [-0.15, -0.1) is 0 Å². The van der Waals surface area contributed by atoms with Crippen LogP contribution in [-0.2, 0) is 0 Å². The fraction of sp³-hybridized carbons (Fsp3) is 0.500. The molecule has 82 valence electrons. The van der Waals surface area contributed by atoms with Crippen molar-refractivity contribution >= 4 is 33.5 Å². The van der Waals surface area contributed by atoms with Crippen molar-refractivity contribution in [2.75, 3.05) is 23.0 Å². The van der Waals surface area contributed by atoms with Gasteiger partial charge in [0.25, 0.3) is 0 Å². The molecular weight excluding hydrogens is 279 g/mol. The van der Waals surface area contributed by atoms with Crippen LogP contribution in [0.15, 0.2) is 16.7 Å². The van der Waals surface area contributed by atoms with Gasteiger partial charge in [-0.2, -0.15) is 11.8 Å². The second kappa shape index (κ2) is 4.70. The lowest BCUT2D eigenvalue weighted by Crippen LogP contribution is -2.41. The van der Waals surface area contributed by atoms with Gasteiger partial charge in [0.05, 0.1) is 0 Å². The highest BCUT2D eigenvalue weighted by Crippen LogP contribution is 2.25. The monoisotopic (exact) mass is 290 g/mol. The van der Waals surface area contributed by atoms with E-state index in [0.717, 1.165) is 18.1 Å². The van der Waals surface area contributed by atoms with Crippen LogP contribution in [0.1, 0.15) is 6.92 Å². The van der Waals surface area contributed by atoms with E-state index in [0.29, 0.717) is 16.3 Å². The summed E-state index contributed by atoms with van der Waals surface area (Å²) in [5.41, 5.74) is 0. The van der Waals surface area contributed by atoms with E-state index in [1.54, 1.807) is 6.20 Å². The standard InChI is InChI=1S/C10H12BrFN2S/c1-7-6-15-3-2-14(7)10-9(12)4-8(11)5-13-10/h4-5,7H,2-3,6H2,1H3. The third kappa shape index (κ3) is 2.45. The van der Waals surface area contributed by atoms with Gasteiger partial charge in [0.2, 0.25) is 0 Å². The molecular formula is C10H12BrFN2S. The van der Waals surface area contributed by atoms with E-state index in [1.807, 2.05) is 16.7 Å². The Morgan fingerprint density at radius 1 is 1.67 bits per heavy atom. The highest BCUT2D eigenvalue weighted by Gasteiger charge is 2.22. The summed E-state index contributed by atoms with van der Waals surface area (Å²) in [6, 6.07) is 1.82. The Kier molecular flexibility index (Phi) is 3.51. The summed E-state index contributed by atoms with van der Waals surface area (Å²) in [5.74, 6) is 2.31. The first-order valence-corrected chi connectivity index (χ1v) is 6.78. The minimum absolute atomic E-state index is 0.247. The summed E-state index contributed by atoms with van der Waals surface area (Å²) in [4.78, 5) is 6.19. The van der Waals surface area contributed by atoms with Gasteiger partial charge >= 0.3 is 0 Å². The lowest BCUT2D eigenvalue weighted by molar-refractivity contribution is 0.593. The maximum Gasteiger partial charge on any atom is 0.166 e. The molecule has 2 heterocycles. The predicted octanol–water partition coefficient (Wildman–Crippen LogP) is 2.92. The Labute approximate surface area is 101 Å². The number of halogens is 2. The van der Waals surface area contributed by atoms with Crippen molar-refractivity contribution in [2.45, 2.75) is 13.0 Å². The Balaban J connectivity index is 2.27. The molecule has 5 heteroatoms. The van der Waals surface area contributed by atoms with Crippen molar-refractivity contribution in [1.29, 1.82) is 0 Å². The molecule has 1 unspecified atom stereocenters. The van der Waals surface area contributed by atoms with Crippen LogP contribution in [0.4, 0.5) is 10.2 Å². The van der Waals surface area contributed by atoms with E-state index in [-0.39, 0.29) is 5.82 Å². The first-order valence-electron chi connectivity index (χ1n) is 4.84. The molecule has 0 aliphatic carbocycles. The maximum atomic E-state index is 13.7. The average molecular weight is 291 g/mol. The van der Waals surface area contributed by atoms with Crippen molar-refractivity contribution in [2.24, 2.45) is 0 Å². The Morgan fingerprint density at radius 2 is 2.47 bits per heavy atom. The van der Waals surface area contributed by atoms with Crippen molar-refractivity contribution < 1.29 is 4.39 Å². The molecule has 0 radical (unpaired) electrons. The zero-order chi connectivity index (χ0) is 10.8. The zero-order valence-corrected chi connectivity index (χ0v) is 10.8. The molecule has 1 aromatic rings. The van der Waals surface area contributed by atoms with Gasteiger partial charge in [0.15, 0.2) is 11.6 Å². The molecule has 0 aromatic carbocycles. The number of thioether (sulfide) groups is 1. The highest BCUT2D eigenvalue weighted by atomic mass is 79.9. The first-order chi connectivity index (χ1) is 7.18. The van der Waals surface area contributed by atoms with Crippen LogP contribution in [0.2, 0.25) is 0 Å². The van der Waals surface area contributed by atoms with Gasteiger partial charge in [0, 0.05) is 34.8 Å². The largest absolute Gasteiger partial charge is 0.350 e. The molecule has 1 saturated heterocycles. The van der Waals surface area contributed by atoms with Gasteiger partial charge in [-0.25, -0.2) is 9.37 Å². The number of nitrogens with zero attached hydrogens (tertiary/aromatic N) is 2. The van der Waals surface area contributed by atoms with Crippen LogP contribution in [0.5, 0.6) is 0 Å². The highest BCUT2D eigenvalue weighted by molar-refractivity contribution is 9.10. The lowest BCUT2D eigenvalue weighted by Gasteiger charge is -2.34. The van der Waals surface area contributed by atoms with E-state index in [4.69, 9.17) is 0 Å². The lowest BCUT2D eigenvalue weighted by atomic mass is 10.3. The summed E-state index contributed by atoms with van der Waals surface area (Å²) in [7, 11) is 0. The summed E-state index contributed by atoms with van der Waals surface area (Å²) in [6.07, 6.45) is 1.65. The summed E-state index contributed by atoms with van der Waals surface area (Å²) < 4.78 is 14.4. The van der Waals surface area contributed by atoms with Gasteiger partial charge < -0.3 is 4.90 Å². The summed E-state index contributed by atoms with van der Waals surface area (Å²) in [6.45, 7) is 2.98. The van der Waals surface area contributed by atoms with Crippen LogP contribution in [-0.4, -0.2) is 29.1 Å². The Bertz CT molecular complexity index is 361. The molecule has 1 aromatic heterocycles. The third-order valence-electron chi connectivity index (χ3n) is 2.43. The number of rotatable bonds is 1. The van der Waals surface area contributed by atoms with Crippen molar-refractivity contribution in [3.63, 3.8) is 0 Å². The molecule has 0 spiro atoms. The van der Waals surface area contributed by atoms with E-state index < -0.39 is 0 Å². The Morgan fingerprint density at radius 3 is 3.13 bits per heavy atom. The normalized spacial score (nSPS) is 21.8. The van der Waals surface area contributed by atoms with Crippen LogP contribution in [0, 0.1) is 5.82 Å². The molecule has 0 saturated carbocycles. The van der Waals surface area contributed by atoms with Gasteiger partial charge in [-0.05, 0) is 28.9 Å². The van der Waals surface area contributed by atoms with Gasteiger partial charge in [-0.3, -0.25) is 0 Å². The van der Waals surface area contributed by atoms with E-state index >= 15 is 0 Å². The molecule has 1 aliphatic rings. The van der Waals surface area contributed by atoms with E-state index in [1.165, 1.54) is 6.07 Å². The molecule has 0 bridgehead atoms. The van der Waals surface area contributed by atoms with Gasteiger partial charge in [-0.1, -0.05) is 0 Å². The van der Waals surface area contributed by atoms with Crippen LogP contribution in [0.3, 0.4) is 0 Å². The van der Waals surface area contributed by atoms with Crippen LogP contribution >= 0.6 is 27.7 Å². The minimum atomic E-state index is -0.247. The van der Waals surface area contributed by atoms with Crippen molar-refractivity contribution in [1.82, 2.24) is 4.98 Å². The second-order valence-electron chi connectivity index (χ2n) is 3.58. The van der Waals surface area contributed by atoms with Crippen LogP contribution in [0.25, 0.3) is 0 Å². The van der Waals surface area contributed by atoms with E-state index in [2.05, 4.69) is 27.8 Å². The second-order valence-corrected chi connectivity index (χ2v) is 5.64. The smallest absolute Gasteiger partial charge is 0.166 e. The maximum absolute atomic E-state index is 13.7. The van der Waals surface area contributed by atoms with Crippen LogP contribution < -0.4 is 4.90 Å². The number of pyridine rings is 1. The quantitative estimate of drug-likeness (QED) is 0.791. The first kappa shape index (κ1) is 11.2. The number of anilines is 1. The van der Waals surface area contributed by atoms with Crippen molar-refractivity contribution in [3.8, 4) is 0 Å². The number of aromatic nitrogens is 1. The predicted molar refractivity (Wildman–Crippen MR) is 66.0 cm³/mol. The molecule has 1 fully saturated rings.